The zero-order valence-corrected chi connectivity index (χ0v) is 18.8. The number of carbonyl (C=O) groups is 1. The number of nitrogens with one attached hydrogen (secondary N) is 1. The van der Waals surface area contributed by atoms with Crippen LogP contribution in [0.15, 0.2) is 42.5 Å². The normalized spacial score (nSPS) is 16.2. The quantitative estimate of drug-likeness (QED) is 0.753. The van der Waals surface area contributed by atoms with E-state index in [-0.39, 0.29) is 11.9 Å². The van der Waals surface area contributed by atoms with Crippen LogP contribution in [-0.4, -0.2) is 64.3 Å². The van der Waals surface area contributed by atoms with Crippen molar-refractivity contribution in [1.29, 1.82) is 0 Å². The van der Waals surface area contributed by atoms with Gasteiger partial charge in [0.15, 0.2) is 17.5 Å². The Kier molecular flexibility index (Phi) is 7.21. The highest BCUT2D eigenvalue weighted by Gasteiger charge is 2.30. The van der Waals surface area contributed by atoms with Gasteiger partial charge in [-0.2, -0.15) is 0 Å². The molecule has 0 spiro atoms. The van der Waals surface area contributed by atoms with Gasteiger partial charge < -0.3 is 24.2 Å². The molecule has 2 aromatic carbocycles. The highest BCUT2D eigenvalue weighted by molar-refractivity contribution is 5.80. The van der Waals surface area contributed by atoms with Crippen LogP contribution in [0.25, 0.3) is 0 Å². The number of hydrogen-bond acceptors (Lipinski definition) is 4. The van der Waals surface area contributed by atoms with Gasteiger partial charge in [-0.25, -0.2) is 0 Å². The predicted molar refractivity (Wildman–Crippen MR) is 120 cm³/mol. The lowest BCUT2D eigenvalue weighted by molar-refractivity contribution is -0.908. The molecule has 0 radical (unpaired) electrons. The minimum Gasteiger partial charge on any atom is -0.493 e. The zero-order valence-electron chi connectivity index (χ0n) is 18.8. The number of ether oxygens (including phenoxy) is 2. The lowest BCUT2D eigenvalue weighted by Crippen LogP contribution is -3.12. The van der Waals surface area contributed by atoms with E-state index in [1.165, 1.54) is 16.2 Å². The minimum absolute atomic E-state index is 0.110. The molecule has 2 aromatic rings. The maximum Gasteiger partial charge on any atom is 0.280 e. The topological polar surface area (TPSA) is 46.5 Å². The first-order chi connectivity index (χ1) is 14.4. The largest absolute Gasteiger partial charge is 0.493 e. The number of aryl methyl sites for hydroxylation is 1. The molecular formula is C24H34N3O3+. The van der Waals surface area contributed by atoms with Crippen molar-refractivity contribution in [2.75, 3.05) is 52.3 Å². The van der Waals surface area contributed by atoms with E-state index in [0.29, 0.717) is 0 Å². The summed E-state index contributed by atoms with van der Waals surface area (Å²) in [7, 11) is 5.38. The standard InChI is InChI=1S/C24H33N3O3/c1-18-15-22(29-4)23(30-5)16-20(18)17-25(3)19(2)24(28)27-13-11-26(12-14-27)21-9-7-6-8-10-21/h6-10,15-16,19H,11-14,17H2,1-5H3/p+1/t19-/m0/s1. The summed E-state index contributed by atoms with van der Waals surface area (Å²) < 4.78 is 10.8. The Morgan fingerprint density at radius 1 is 1.03 bits per heavy atom. The molecule has 6 heteroatoms. The van der Waals surface area contributed by atoms with Crippen molar-refractivity contribution < 1.29 is 19.2 Å². The van der Waals surface area contributed by atoms with Crippen molar-refractivity contribution in [2.45, 2.75) is 26.4 Å². The van der Waals surface area contributed by atoms with Crippen LogP contribution in [0.4, 0.5) is 5.69 Å². The second kappa shape index (κ2) is 9.85. The molecule has 162 valence electrons. The van der Waals surface area contributed by atoms with Crippen LogP contribution in [0.2, 0.25) is 0 Å². The van der Waals surface area contributed by atoms with E-state index in [1.807, 2.05) is 30.0 Å². The third kappa shape index (κ3) is 4.87. The van der Waals surface area contributed by atoms with Crippen LogP contribution in [0.1, 0.15) is 18.1 Å². The summed E-state index contributed by atoms with van der Waals surface area (Å²) in [5.74, 6) is 1.68. The number of carbonyl (C=O) groups excluding carboxylic acids is 1. The van der Waals surface area contributed by atoms with Gasteiger partial charge >= 0.3 is 0 Å². The highest BCUT2D eigenvalue weighted by Crippen LogP contribution is 2.30. The number of para-hydroxylation sites is 1. The highest BCUT2D eigenvalue weighted by atomic mass is 16.5. The summed E-state index contributed by atoms with van der Waals surface area (Å²) in [6, 6.07) is 14.3. The van der Waals surface area contributed by atoms with Crippen LogP contribution >= 0.6 is 0 Å². The van der Waals surface area contributed by atoms with E-state index in [1.54, 1.807) is 14.2 Å². The number of methoxy groups -OCH3 is 2. The van der Waals surface area contributed by atoms with Crippen LogP contribution in [0.3, 0.4) is 0 Å². The molecule has 30 heavy (non-hydrogen) atoms. The molecule has 1 amide bonds. The van der Waals surface area contributed by atoms with E-state index in [2.05, 4.69) is 43.1 Å². The second-order valence-electron chi connectivity index (χ2n) is 8.03. The van der Waals surface area contributed by atoms with Crippen LogP contribution < -0.4 is 19.3 Å². The van der Waals surface area contributed by atoms with Crippen LogP contribution in [-0.2, 0) is 11.3 Å². The fraction of sp³-hybridized carbons (Fsp3) is 0.458. The lowest BCUT2D eigenvalue weighted by atomic mass is 10.1. The summed E-state index contributed by atoms with van der Waals surface area (Å²) in [5, 5.41) is 0. The molecule has 1 fully saturated rings. The second-order valence-corrected chi connectivity index (χ2v) is 8.03. The number of likely N-dealkylation sites (N-methyl/N-ethyl adjacent to an activating group) is 1. The summed E-state index contributed by atoms with van der Waals surface area (Å²) in [4.78, 5) is 18.6. The van der Waals surface area contributed by atoms with Gasteiger partial charge in [-0.3, -0.25) is 4.79 Å². The van der Waals surface area contributed by atoms with Gasteiger partial charge in [-0.1, -0.05) is 18.2 Å². The average Bonchev–Trinajstić information content (AvgIpc) is 2.79. The first-order valence-electron chi connectivity index (χ1n) is 10.6. The van der Waals surface area contributed by atoms with E-state index in [0.717, 1.165) is 49.8 Å². The predicted octanol–water partition coefficient (Wildman–Crippen LogP) is 1.76. The molecule has 3 rings (SSSR count). The summed E-state index contributed by atoms with van der Waals surface area (Å²) in [6.07, 6.45) is 0. The van der Waals surface area contributed by atoms with Gasteiger partial charge in [-0.15, -0.1) is 0 Å². The smallest absolute Gasteiger partial charge is 0.280 e. The Labute approximate surface area is 180 Å². The number of anilines is 1. The van der Waals surface area contributed by atoms with Crippen molar-refractivity contribution in [3.05, 3.63) is 53.6 Å². The van der Waals surface area contributed by atoms with E-state index in [4.69, 9.17) is 9.47 Å². The van der Waals surface area contributed by atoms with E-state index < -0.39 is 0 Å². The molecular weight excluding hydrogens is 378 g/mol. The molecule has 1 aliphatic rings. The Morgan fingerprint density at radius 2 is 1.63 bits per heavy atom. The fourth-order valence-corrected chi connectivity index (χ4v) is 3.98. The molecule has 1 unspecified atom stereocenters. The number of hydrogen-bond donors (Lipinski definition) is 1. The molecule has 6 nitrogen and oxygen atoms in total. The fourth-order valence-electron chi connectivity index (χ4n) is 3.98. The van der Waals surface area contributed by atoms with Crippen molar-refractivity contribution in [2.24, 2.45) is 0 Å². The molecule has 0 saturated carbocycles. The van der Waals surface area contributed by atoms with Gasteiger partial charge in [0, 0.05) is 37.4 Å². The van der Waals surface area contributed by atoms with Crippen LogP contribution in [0.5, 0.6) is 11.5 Å². The molecule has 1 saturated heterocycles. The summed E-state index contributed by atoms with van der Waals surface area (Å²) in [6.45, 7) is 8.12. The molecule has 2 atom stereocenters. The SMILES string of the molecule is COc1cc(C)c(C[NH+](C)[C@@H](C)C(=O)N2CCN(c3ccccc3)CC2)cc1OC. The Morgan fingerprint density at radius 3 is 2.23 bits per heavy atom. The number of piperazine rings is 1. The third-order valence-corrected chi connectivity index (χ3v) is 6.13. The minimum atomic E-state index is -0.110. The number of amides is 1. The summed E-state index contributed by atoms with van der Waals surface area (Å²) in [5.41, 5.74) is 3.53. The van der Waals surface area contributed by atoms with Crippen molar-refractivity contribution in [1.82, 2.24) is 4.90 Å². The molecule has 1 N–H and O–H groups in total. The lowest BCUT2D eigenvalue weighted by Gasteiger charge is -2.37. The Bertz CT molecular complexity index is 848. The van der Waals surface area contributed by atoms with Gasteiger partial charge in [0.2, 0.25) is 0 Å². The van der Waals surface area contributed by atoms with E-state index >= 15 is 0 Å². The zero-order chi connectivity index (χ0) is 21.7. The van der Waals surface area contributed by atoms with Crippen molar-refractivity contribution >= 4 is 11.6 Å². The molecule has 0 bridgehead atoms. The van der Waals surface area contributed by atoms with E-state index in [9.17, 15) is 4.79 Å². The number of quaternary nitrogens is 1. The first kappa shape index (κ1) is 22.0. The molecule has 0 aromatic heterocycles. The maximum absolute atomic E-state index is 13.1. The monoisotopic (exact) mass is 412 g/mol. The van der Waals surface area contributed by atoms with Gasteiger partial charge in [0.25, 0.3) is 5.91 Å². The van der Waals surface area contributed by atoms with Gasteiger partial charge in [-0.05, 0) is 43.7 Å². The summed E-state index contributed by atoms with van der Waals surface area (Å²) >= 11 is 0. The average molecular weight is 413 g/mol. The molecule has 0 aliphatic carbocycles. The first-order valence-corrected chi connectivity index (χ1v) is 10.6. The van der Waals surface area contributed by atoms with Crippen molar-refractivity contribution in [3.8, 4) is 11.5 Å². The van der Waals surface area contributed by atoms with Crippen molar-refractivity contribution in [3.63, 3.8) is 0 Å². The molecule has 1 heterocycles. The molecule has 1 aliphatic heterocycles. The van der Waals surface area contributed by atoms with Crippen LogP contribution in [0, 0.1) is 6.92 Å². The third-order valence-electron chi connectivity index (χ3n) is 6.13. The van der Waals surface area contributed by atoms with Gasteiger partial charge in [0.1, 0.15) is 6.54 Å². The number of rotatable bonds is 7. The number of nitrogens with zero attached hydrogens (tertiary/aromatic N) is 2. The number of benzene rings is 2. The van der Waals surface area contributed by atoms with Gasteiger partial charge in [0.05, 0.1) is 21.3 Å². The Balaban J connectivity index is 1.60. The Hall–Kier alpha value is -2.73. The maximum atomic E-state index is 13.1.